The third-order valence-electron chi connectivity index (χ3n) is 4.79. The minimum Gasteiger partial charge on any atom is -0.291 e. The maximum atomic E-state index is 14.7. The van der Waals surface area contributed by atoms with E-state index in [1.54, 1.807) is 0 Å². The zero-order chi connectivity index (χ0) is 11.6. The minimum absolute atomic E-state index is 0.0744. The Kier molecular flexibility index (Phi) is 2.18. The van der Waals surface area contributed by atoms with Crippen molar-refractivity contribution in [3.05, 3.63) is 0 Å². The number of fused-ring (bicyclic) bond motifs is 1. The summed E-state index contributed by atoms with van der Waals surface area (Å²) in [6, 6.07) is 0. The maximum Gasteiger partial charge on any atom is 0.125 e. The van der Waals surface area contributed by atoms with Gasteiger partial charge in [-0.1, -0.05) is 13.8 Å². The number of hydrogen-bond acceptors (Lipinski definition) is 1. The fourth-order valence-corrected chi connectivity index (χ4v) is 4.11. The molecule has 2 heterocycles. The van der Waals surface area contributed by atoms with E-state index < -0.39 is 17.9 Å². The highest BCUT2D eigenvalue weighted by Gasteiger charge is 2.69. The van der Waals surface area contributed by atoms with E-state index in [0.717, 1.165) is 25.8 Å². The quantitative estimate of drug-likeness (QED) is 0.703. The van der Waals surface area contributed by atoms with Gasteiger partial charge < -0.3 is 0 Å². The molecule has 16 heavy (non-hydrogen) atoms. The average Bonchev–Trinajstić information content (AvgIpc) is 2.83. The molecule has 0 amide bonds. The third kappa shape index (κ3) is 1.30. The topological polar surface area (TPSA) is 3.24 Å². The number of nitrogens with zero attached hydrogens (tertiary/aromatic N) is 1. The first-order valence-electron chi connectivity index (χ1n) is 6.52. The van der Waals surface area contributed by atoms with Crippen molar-refractivity contribution >= 4 is 0 Å². The Morgan fingerprint density at radius 3 is 2.56 bits per heavy atom. The Morgan fingerprint density at radius 2 is 2.00 bits per heavy atom. The van der Waals surface area contributed by atoms with Crippen molar-refractivity contribution in [2.24, 2.45) is 11.3 Å². The van der Waals surface area contributed by atoms with Crippen LogP contribution < -0.4 is 0 Å². The lowest BCUT2D eigenvalue weighted by molar-refractivity contribution is 0.0810. The fourth-order valence-electron chi connectivity index (χ4n) is 4.11. The first kappa shape index (κ1) is 10.9. The zero-order valence-corrected chi connectivity index (χ0v) is 10.2. The van der Waals surface area contributed by atoms with Gasteiger partial charge in [0.05, 0.1) is 5.54 Å². The van der Waals surface area contributed by atoms with E-state index in [1.165, 1.54) is 0 Å². The molecule has 0 aromatic rings. The molecule has 3 aliphatic rings. The van der Waals surface area contributed by atoms with Crippen molar-refractivity contribution in [3.8, 4) is 0 Å². The maximum absolute atomic E-state index is 14.7. The molecule has 1 nitrogen and oxygen atoms in total. The predicted molar refractivity (Wildman–Crippen MR) is 59.8 cm³/mol. The Balaban J connectivity index is 1.90. The van der Waals surface area contributed by atoms with Crippen LogP contribution >= 0.6 is 0 Å². The van der Waals surface area contributed by atoms with Gasteiger partial charge in [0, 0.05) is 24.9 Å². The van der Waals surface area contributed by atoms with Crippen LogP contribution in [0.15, 0.2) is 0 Å². The van der Waals surface area contributed by atoms with Crippen molar-refractivity contribution in [3.63, 3.8) is 0 Å². The summed E-state index contributed by atoms with van der Waals surface area (Å²) in [5, 5.41) is 0. The Labute approximate surface area is 96.2 Å². The zero-order valence-electron chi connectivity index (χ0n) is 10.2. The number of halogens is 2. The SMILES string of the molecule is CC(C)C[C@]12C[C@@H](F)CN1CC1(CC1)C2F. The highest BCUT2D eigenvalue weighted by molar-refractivity contribution is 5.21. The van der Waals surface area contributed by atoms with E-state index in [1.807, 2.05) is 0 Å². The molecule has 92 valence electrons. The van der Waals surface area contributed by atoms with Crippen molar-refractivity contribution in [2.45, 2.75) is 57.4 Å². The summed E-state index contributed by atoms with van der Waals surface area (Å²) in [5.74, 6) is 0.444. The lowest BCUT2D eigenvalue weighted by Gasteiger charge is -2.35. The number of rotatable bonds is 2. The van der Waals surface area contributed by atoms with Gasteiger partial charge >= 0.3 is 0 Å². The average molecular weight is 229 g/mol. The molecule has 3 rings (SSSR count). The first-order valence-corrected chi connectivity index (χ1v) is 6.52. The fraction of sp³-hybridized carbons (Fsp3) is 1.00. The van der Waals surface area contributed by atoms with E-state index in [9.17, 15) is 8.78 Å². The molecular formula is C13H21F2N. The van der Waals surface area contributed by atoms with Gasteiger partial charge in [-0.05, 0) is 25.2 Å². The third-order valence-corrected chi connectivity index (χ3v) is 4.79. The van der Waals surface area contributed by atoms with Gasteiger partial charge in [0.15, 0.2) is 0 Å². The molecule has 1 spiro atoms. The van der Waals surface area contributed by atoms with E-state index in [0.29, 0.717) is 18.9 Å². The molecule has 0 N–H and O–H groups in total. The van der Waals surface area contributed by atoms with Gasteiger partial charge in [0.1, 0.15) is 12.3 Å². The molecular weight excluding hydrogens is 208 g/mol. The van der Waals surface area contributed by atoms with Gasteiger partial charge in [0.25, 0.3) is 0 Å². The smallest absolute Gasteiger partial charge is 0.125 e. The molecule has 2 saturated heterocycles. The second kappa shape index (κ2) is 3.18. The molecule has 0 aromatic carbocycles. The van der Waals surface area contributed by atoms with Gasteiger partial charge in [0.2, 0.25) is 0 Å². The van der Waals surface area contributed by atoms with E-state index in [-0.39, 0.29) is 5.41 Å². The molecule has 3 heteroatoms. The van der Waals surface area contributed by atoms with Crippen LogP contribution in [0.4, 0.5) is 8.78 Å². The van der Waals surface area contributed by atoms with Crippen LogP contribution in [0.25, 0.3) is 0 Å². The standard InChI is InChI=1S/C13H21F2N/c1-9(2)5-13-6-10(14)7-16(13)8-12(3-4-12)11(13)15/h9-11H,3-8H2,1-2H3/t10-,11?,13-/m1/s1. The van der Waals surface area contributed by atoms with Crippen molar-refractivity contribution in [1.29, 1.82) is 0 Å². The van der Waals surface area contributed by atoms with Crippen molar-refractivity contribution in [2.75, 3.05) is 13.1 Å². The Hall–Kier alpha value is -0.180. The van der Waals surface area contributed by atoms with E-state index in [2.05, 4.69) is 18.7 Å². The molecule has 2 aliphatic heterocycles. The Morgan fingerprint density at radius 1 is 1.31 bits per heavy atom. The summed E-state index contributed by atoms with van der Waals surface area (Å²) in [6.45, 7) is 5.50. The van der Waals surface area contributed by atoms with Gasteiger partial charge in [-0.2, -0.15) is 0 Å². The molecule has 0 radical (unpaired) electrons. The monoisotopic (exact) mass is 229 g/mol. The normalized spacial score (nSPS) is 45.6. The molecule has 0 aromatic heterocycles. The predicted octanol–water partition coefficient (Wildman–Crippen LogP) is 2.95. The summed E-state index contributed by atoms with van der Waals surface area (Å²) >= 11 is 0. The Bertz CT molecular complexity index is 300. The molecule has 1 unspecified atom stereocenters. The second-order valence-electron chi connectivity index (χ2n) is 6.61. The summed E-state index contributed by atoms with van der Waals surface area (Å²) in [7, 11) is 0. The van der Waals surface area contributed by atoms with Gasteiger partial charge in [-0.3, -0.25) is 4.90 Å². The summed E-state index contributed by atoms with van der Waals surface area (Å²) in [4.78, 5) is 2.13. The van der Waals surface area contributed by atoms with Crippen molar-refractivity contribution < 1.29 is 8.78 Å². The van der Waals surface area contributed by atoms with E-state index in [4.69, 9.17) is 0 Å². The van der Waals surface area contributed by atoms with Crippen LogP contribution in [0, 0.1) is 11.3 Å². The van der Waals surface area contributed by atoms with Gasteiger partial charge in [-0.25, -0.2) is 8.78 Å². The molecule has 0 bridgehead atoms. The van der Waals surface area contributed by atoms with Crippen LogP contribution in [0.5, 0.6) is 0 Å². The molecule has 3 atom stereocenters. The highest BCUT2D eigenvalue weighted by atomic mass is 19.1. The lowest BCUT2D eigenvalue weighted by Crippen LogP contribution is -2.45. The van der Waals surface area contributed by atoms with Crippen LogP contribution in [0.3, 0.4) is 0 Å². The largest absolute Gasteiger partial charge is 0.291 e. The highest BCUT2D eigenvalue weighted by Crippen LogP contribution is 2.63. The second-order valence-corrected chi connectivity index (χ2v) is 6.61. The first-order chi connectivity index (χ1) is 7.48. The lowest BCUT2D eigenvalue weighted by atomic mass is 9.80. The van der Waals surface area contributed by atoms with E-state index >= 15 is 0 Å². The number of hydrogen-bond donors (Lipinski definition) is 0. The van der Waals surface area contributed by atoms with Gasteiger partial charge in [-0.15, -0.1) is 0 Å². The summed E-state index contributed by atoms with van der Waals surface area (Å²) < 4.78 is 28.3. The molecule has 3 fully saturated rings. The molecule has 1 saturated carbocycles. The summed E-state index contributed by atoms with van der Waals surface area (Å²) in [5.41, 5.74) is -0.529. The van der Waals surface area contributed by atoms with Crippen LogP contribution in [-0.2, 0) is 0 Å². The van der Waals surface area contributed by atoms with Crippen molar-refractivity contribution in [1.82, 2.24) is 4.90 Å². The van der Waals surface area contributed by atoms with Crippen LogP contribution in [0.2, 0.25) is 0 Å². The number of alkyl halides is 2. The molecule has 1 aliphatic carbocycles. The summed E-state index contributed by atoms with van der Waals surface area (Å²) in [6.07, 6.45) is 1.67. The minimum atomic E-state index is -0.812. The van der Waals surface area contributed by atoms with Crippen LogP contribution in [0.1, 0.15) is 39.5 Å². The van der Waals surface area contributed by atoms with Crippen LogP contribution in [-0.4, -0.2) is 35.9 Å².